The van der Waals surface area contributed by atoms with Crippen LogP contribution < -0.4 is 5.32 Å². The van der Waals surface area contributed by atoms with Crippen molar-refractivity contribution >= 4 is 12.0 Å². The number of carbonyl (C=O) groups is 1. The van der Waals surface area contributed by atoms with E-state index < -0.39 is 12.1 Å². The summed E-state index contributed by atoms with van der Waals surface area (Å²) in [6.45, 7) is -0.352. The van der Waals surface area contributed by atoms with Gasteiger partial charge < -0.3 is 25.1 Å². The molecule has 14 heavy (non-hydrogen) atoms. The average Bonchev–Trinajstić information content (AvgIpc) is 2.62. The van der Waals surface area contributed by atoms with E-state index in [4.69, 9.17) is 19.7 Å². The summed E-state index contributed by atoms with van der Waals surface area (Å²) in [6, 6.07) is -0.00472. The summed E-state index contributed by atoms with van der Waals surface area (Å²) in [4.78, 5) is 13.9. The number of rotatable bonds is 5. The smallest absolute Gasteiger partial charge is 0.357 e. The lowest BCUT2D eigenvalue weighted by molar-refractivity contribution is 0.0690. The third kappa shape index (κ3) is 2.71. The summed E-state index contributed by atoms with van der Waals surface area (Å²) in [5.41, 5.74) is -0.217. The number of carboxylic acid groups (broad SMARTS) is 1. The van der Waals surface area contributed by atoms with Crippen molar-refractivity contribution in [3.63, 3.8) is 0 Å². The van der Waals surface area contributed by atoms with Gasteiger partial charge in [-0.05, 0) is 0 Å². The molecule has 7 heteroatoms. The Bertz CT molecular complexity index is 311. The van der Waals surface area contributed by atoms with Crippen LogP contribution in [-0.4, -0.2) is 45.5 Å². The van der Waals surface area contributed by atoms with Crippen LogP contribution in [0, 0.1) is 0 Å². The molecule has 78 valence electrons. The molecule has 0 aromatic carbocycles. The van der Waals surface area contributed by atoms with Crippen molar-refractivity contribution in [1.82, 2.24) is 4.98 Å². The van der Waals surface area contributed by atoms with Gasteiger partial charge in [0, 0.05) is 6.54 Å². The van der Waals surface area contributed by atoms with Crippen molar-refractivity contribution in [2.75, 3.05) is 18.5 Å². The number of hydrogen-bond donors (Lipinski definition) is 4. The molecule has 0 spiro atoms. The Balaban J connectivity index is 2.48. The maximum atomic E-state index is 10.4. The van der Waals surface area contributed by atoms with E-state index in [1.165, 1.54) is 0 Å². The van der Waals surface area contributed by atoms with Gasteiger partial charge in [-0.1, -0.05) is 0 Å². The molecule has 0 fully saturated rings. The van der Waals surface area contributed by atoms with Crippen LogP contribution in [-0.2, 0) is 0 Å². The topological polar surface area (TPSA) is 116 Å². The lowest BCUT2D eigenvalue weighted by Gasteiger charge is -2.05. The number of hydrogen-bond acceptors (Lipinski definition) is 6. The van der Waals surface area contributed by atoms with E-state index in [1.807, 2.05) is 0 Å². The van der Waals surface area contributed by atoms with Gasteiger partial charge in [-0.25, -0.2) is 4.79 Å². The summed E-state index contributed by atoms with van der Waals surface area (Å²) in [7, 11) is 0. The molecule has 7 nitrogen and oxygen atoms in total. The number of aliphatic hydroxyl groups is 2. The molecule has 0 radical (unpaired) electrons. The Morgan fingerprint density at radius 3 is 2.93 bits per heavy atom. The molecule has 1 atom stereocenters. The summed E-state index contributed by atoms with van der Waals surface area (Å²) >= 11 is 0. The molecule has 1 rings (SSSR count). The van der Waals surface area contributed by atoms with Gasteiger partial charge in [-0.15, -0.1) is 0 Å². The minimum atomic E-state index is -1.19. The summed E-state index contributed by atoms with van der Waals surface area (Å²) in [6.07, 6.45) is 0.0471. The van der Waals surface area contributed by atoms with Crippen LogP contribution in [0.25, 0.3) is 0 Å². The Morgan fingerprint density at radius 2 is 2.43 bits per heavy atom. The Hall–Kier alpha value is -1.60. The molecule has 0 bridgehead atoms. The molecule has 0 amide bonds. The first-order chi connectivity index (χ1) is 6.63. The van der Waals surface area contributed by atoms with Crippen LogP contribution in [0.3, 0.4) is 0 Å². The maximum Gasteiger partial charge on any atom is 0.357 e. The number of anilines is 1. The Morgan fingerprint density at radius 1 is 1.71 bits per heavy atom. The third-order valence-corrected chi connectivity index (χ3v) is 1.42. The molecule has 0 aliphatic heterocycles. The van der Waals surface area contributed by atoms with Crippen LogP contribution in [0.1, 0.15) is 10.5 Å². The minimum Gasteiger partial charge on any atom is -0.476 e. The van der Waals surface area contributed by atoms with Gasteiger partial charge in [0.25, 0.3) is 6.01 Å². The fraction of sp³-hybridized carbons (Fsp3) is 0.429. The van der Waals surface area contributed by atoms with Crippen LogP contribution in [0.5, 0.6) is 0 Å². The second-order valence-corrected chi connectivity index (χ2v) is 2.56. The van der Waals surface area contributed by atoms with E-state index in [9.17, 15) is 4.79 Å². The van der Waals surface area contributed by atoms with Crippen LogP contribution in [0.4, 0.5) is 6.01 Å². The van der Waals surface area contributed by atoms with Gasteiger partial charge in [0.15, 0.2) is 5.69 Å². The number of aromatic nitrogens is 1. The number of nitrogens with zero attached hydrogens (tertiary/aromatic N) is 1. The van der Waals surface area contributed by atoms with Gasteiger partial charge in [0.05, 0.1) is 12.7 Å². The molecule has 1 aromatic heterocycles. The van der Waals surface area contributed by atoms with Crippen molar-refractivity contribution in [2.24, 2.45) is 0 Å². The van der Waals surface area contributed by atoms with E-state index in [2.05, 4.69) is 10.3 Å². The highest BCUT2D eigenvalue weighted by atomic mass is 16.4. The summed E-state index contributed by atoms with van der Waals surface area (Å²) in [5, 5.41) is 28.4. The number of aromatic carboxylic acids is 1. The predicted octanol–water partition coefficient (Wildman–Crippen LogP) is -0.862. The van der Waals surface area contributed by atoms with Gasteiger partial charge in [-0.3, -0.25) is 0 Å². The van der Waals surface area contributed by atoms with Crippen molar-refractivity contribution in [2.45, 2.75) is 6.10 Å². The number of oxazole rings is 1. The zero-order valence-corrected chi connectivity index (χ0v) is 7.17. The van der Waals surface area contributed by atoms with Gasteiger partial charge in [0.2, 0.25) is 0 Å². The Kier molecular flexibility index (Phi) is 3.43. The molecule has 1 unspecified atom stereocenters. The summed E-state index contributed by atoms with van der Waals surface area (Å²) in [5.74, 6) is -1.19. The van der Waals surface area contributed by atoms with Crippen molar-refractivity contribution in [3.8, 4) is 0 Å². The molecular weight excluding hydrogens is 192 g/mol. The lowest BCUT2D eigenvalue weighted by Crippen LogP contribution is -2.23. The number of carboxylic acids is 1. The maximum absolute atomic E-state index is 10.4. The molecule has 4 N–H and O–H groups in total. The van der Waals surface area contributed by atoms with E-state index in [-0.39, 0.29) is 24.9 Å². The first-order valence-corrected chi connectivity index (χ1v) is 3.85. The highest BCUT2D eigenvalue weighted by molar-refractivity contribution is 5.85. The summed E-state index contributed by atoms with van der Waals surface area (Å²) < 4.78 is 4.73. The zero-order chi connectivity index (χ0) is 10.6. The van der Waals surface area contributed by atoms with E-state index in [1.54, 1.807) is 0 Å². The third-order valence-electron chi connectivity index (χ3n) is 1.42. The number of aliphatic hydroxyl groups excluding tert-OH is 2. The SMILES string of the molecule is O=C(O)c1coc(NCC(O)CO)n1. The quantitative estimate of drug-likeness (QED) is 0.490. The Labute approximate surface area is 79.0 Å². The zero-order valence-electron chi connectivity index (χ0n) is 7.17. The van der Waals surface area contributed by atoms with Gasteiger partial charge >= 0.3 is 5.97 Å². The lowest BCUT2D eigenvalue weighted by atomic mass is 10.4. The molecule has 0 saturated heterocycles. The molecule has 0 aliphatic carbocycles. The largest absolute Gasteiger partial charge is 0.476 e. The fourth-order valence-corrected chi connectivity index (χ4v) is 0.723. The molecule has 0 saturated carbocycles. The van der Waals surface area contributed by atoms with Crippen LogP contribution in [0.2, 0.25) is 0 Å². The molecule has 1 aromatic rings. The second kappa shape index (κ2) is 4.58. The predicted molar refractivity (Wildman–Crippen MR) is 45.0 cm³/mol. The number of nitrogens with one attached hydrogen (secondary N) is 1. The van der Waals surface area contributed by atoms with E-state index >= 15 is 0 Å². The van der Waals surface area contributed by atoms with Gasteiger partial charge in [0.1, 0.15) is 6.26 Å². The first-order valence-electron chi connectivity index (χ1n) is 3.85. The standard InChI is InChI=1S/C7H10N2O5/c10-2-4(11)1-8-7-9-5(3-14-7)6(12)13/h3-4,10-11H,1-2H2,(H,8,9)(H,12,13). The van der Waals surface area contributed by atoms with Gasteiger partial charge in [-0.2, -0.15) is 4.98 Å². The normalized spacial score (nSPS) is 12.4. The minimum absolute atomic E-state index is 0.00472. The molecular formula is C7H10N2O5. The fourth-order valence-electron chi connectivity index (χ4n) is 0.723. The first kappa shape index (κ1) is 10.5. The van der Waals surface area contributed by atoms with Crippen molar-refractivity contribution < 1.29 is 24.5 Å². The second-order valence-electron chi connectivity index (χ2n) is 2.56. The van der Waals surface area contributed by atoms with E-state index in [0.717, 1.165) is 6.26 Å². The monoisotopic (exact) mass is 202 g/mol. The molecule has 0 aliphatic rings. The van der Waals surface area contributed by atoms with E-state index in [0.29, 0.717) is 0 Å². The van der Waals surface area contributed by atoms with Crippen LogP contribution >= 0.6 is 0 Å². The highest BCUT2D eigenvalue weighted by Crippen LogP contribution is 2.06. The van der Waals surface area contributed by atoms with Crippen LogP contribution in [0.15, 0.2) is 10.7 Å². The highest BCUT2D eigenvalue weighted by Gasteiger charge is 2.10. The average molecular weight is 202 g/mol. The van der Waals surface area contributed by atoms with Crippen molar-refractivity contribution in [1.29, 1.82) is 0 Å². The molecule has 1 heterocycles. The van der Waals surface area contributed by atoms with Crippen molar-refractivity contribution in [3.05, 3.63) is 12.0 Å².